The third kappa shape index (κ3) is 6.74. The monoisotopic (exact) mass is 438 g/mol. The van der Waals surface area contributed by atoms with Gasteiger partial charge in [-0.15, -0.1) is 24.0 Å². The van der Waals surface area contributed by atoms with Gasteiger partial charge in [-0.05, 0) is 45.2 Å². The normalized spacial score (nSPS) is 25.7. The fraction of sp³-hybridized carbons (Fsp3) is 0.941. The van der Waals surface area contributed by atoms with Crippen LogP contribution in [0.2, 0.25) is 0 Å². The zero-order chi connectivity index (χ0) is 15.8. The fourth-order valence-electron chi connectivity index (χ4n) is 3.62. The molecule has 136 valence electrons. The molecule has 2 atom stereocenters. The fourth-order valence-corrected chi connectivity index (χ4v) is 3.62. The maximum atomic E-state index is 5.30. The summed E-state index contributed by atoms with van der Waals surface area (Å²) in [6, 6.07) is 0. The number of rotatable bonds is 7. The van der Waals surface area contributed by atoms with Crippen molar-refractivity contribution >= 4 is 29.9 Å². The standard InChI is InChI=1S/C17H34N4O.HI/c1-4-8-20-9-6-15(12-20)11-19-17(18-5-2)21-10-7-16(13-21)14-22-3;/h15-16H,4-14H2,1-3H3,(H,18,19);1H. The Morgan fingerprint density at radius 3 is 2.65 bits per heavy atom. The number of likely N-dealkylation sites (tertiary alicyclic amines) is 2. The first kappa shape index (κ1) is 21.0. The molecule has 2 saturated heterocycles. The van der Waals surface area contributed by atoms with Crippen molar-refractivity contribution < 1.29 is 4.74 Å². The van der Waals surface area contributed by atoms with Gasteiger partial charge >= 0.3 is 0 Å². The largest absolute Gasteiger partial charge is 0.384 e. The van der Waals surface area contributed by atoms with Crippen LogP contribution in [-0.4, -0.2) is 75.3 Å². The van der Waals surface area contributed by atoms with Gasteiger partial charge in [-0.2, -0.15) is 0 Å². The topological polar surface area (TPSA) is 40.1 Å². The van der Waals surface area contributed by atoms with Crippen molar-refractivity contribution in [1.29, 1.82) is 0 Å². The molecule has 2 aliphatic heterocycles. The molecule has 0 aromatic rings. The van der Waals surface area contributed by atoms with Gasteiger partial charge in [-0.3, -0.25) is 4.99 Å². The maximum Gasteiger partial charge on any atom is 0.193 e. The molecule has 0 spiro atoms. The molecule has 0 radical (unpaired) electrons. The Bertz CT molecular complexity index is 353. The molecule has 0 aromatic carbocycles. The van der Waals surface area contributed by atoms with Crippen molar-refractivity contribution in [2.24, 2.45) is 16.8 Å². The molecule has 0 saturated carbocycles. The van der Waals surface area contributed by atoms with E-state index in [1.807, 2.05) is 0 Å². The molecule has 2 rings (SSSR count). The van der Waals surface area contributed by atoms with E-state index in [1.54, 1.807) is 7.11 Å². The van der Waals surface area contributed by atoms with Crippen LogP contribution in [0.5, 0.6) is 0 Å². The van der Waals surface area contributed by atoms with Crippen molar-refractivity contribution in [2.45, 2.75) is 33.1 Å². The lowest BCUT2D eigenvalue weighted by Gasteiger charge is -2.22. The minimum absolute atomic E-state index is 0. The summed E-state index contributed by atoms with van der Waals surface area (Å²) >= 11 is 0. The van der Waals surface area contributed by atoms with Crippen LogP contribution >= 0.6 is 24.0 Å². The van der Waals surface area contributed by atoms with Gasteiger partial charge in [0.15, 0.2) is 5.96 Å². The van der Waals surface area contributed by atoms with Gasteiger partial charge in [0.1, 0.15) is 0 Å². The van der Waals surface area contributed by atoms with Gasteiger partial charge in [-0.1, -0.05) is 6.92 Å². The van der Waals surface area contributed by atoms with Gasteiger partial charge in [0, 0.05) is 45.8 Å². The summed E-state index contributed by atoms with van der Waals surface area (Å²) in [6.45, 7) is 13.1. The molecule has 2 fully saturated rings. The molecule has 0 bridgehead atoms. The molecular weight excluding hydrogens is 403 g/mol. The minimum atomic E-state index is 0. The maximum absolute atomic E-state index is 5.30. The summed E-state index contributed by atoms with van der Waals surface area (Å²) < 4.78 is 5.30. The van der Waals surface area contributed by atoms with Gasteiger partial charge in [0.2, 0.25) is 0 Å². The average molecular weight is 438 g/mol. The Morgan fingerprint density at radius 1 is 1.17 bits per heavy atom. The van der Waals surface area contributed by atoms with E-state index in [9.17, 15) is 0 Å². The van der Waals surface area contributed by atoms with E-state index in [2.05, 4.69) is 29.0 Å². The van der Waals surface area contributed by atoms with Crippen LogP contribution < -0.4 is 5.32 Å². The number of hydrogen-bond acceptors (Lipinski definition) is 3. The molecule has 6 heteroatoms. The lowest BCUT2D eigenvalue weighted by atomic mass is 10.1. The van der Waals surface area contributed by atoms with Crippen LogP contribution in [0.1, 0.15) is 33.1 Å². The highest BCUT2D eigenvalue weighted by Gasteiger charge is 2.26. The van der Waals surface area contributed by atoms with Gasteiger partial charge in [-0.25, -0.2) is 0 Å². The summed E-state index contributed by atoms with van der Waals surface area (Å²) in [5.41, 5.74) is 0. The highest BCUT2D eigenvalue weighted by Crippen LogP contribution is 2.19. The van der Waals surface area contributed by atoms with Crippen molar-refractivity contribution in [3.8, 4) is 0 Å². The van der Waals surface area contributed by atoms with E-state index in [-0.39, 0.29) is 24.0 Å². The number of nitrogens with one attached hydrogen (secondary N) is 1. The van der Waals surface area contributed by atoms with Gasteiger partial charge in [0.05, 0.1) is 6.61 Å². The number of hydrogen-bond donors (Lipinski definition) is 1. The number of nitrogens with zero attached hydrogens (tertiary/aromatic N) is 3. The summed E-state index contributed by atoms with van der Waals surface area (Å²) in [5, 5.41) is 3.47. The van der Waals surface area contributed by atoms with Crippen LogP contribution in [-0.2, 0) is 4.74 Å². The van der Waals surface area contributed by atoms with Gasteiger partial charge in [0.25, 0.3) is 0 Å². The van der Waals surface area contributed by atoms with Crippen LogP contribution in [0.15, 0.2) is 4.99 Å². The zero-order valence-corrected chi connectivity index (χ0v) is 17.4. The quantitative estimate of drug-likeness (QED) is 0.376. The number of halogens is 1. The van der Waals surface area contributed by atoms with Crippen LogP contribution in [0.25, 0.3) is 0 Å². The van der Waals surface area contributed by atoms with Crippen molar-refractivity contribution in [3.63, 3.8) is 0 Å². The minimum Gasteiger partial charge on any atom is -0.384 e. The Balaban J connectivity index is 0.00000264. The number of aliphatic imine (C=N–C) groups is 1. The van der Waals surface area contributed by atoms with E-state index >= 15 is 0 Å². The molecule has 0 aromatic heterocycles. The first-order chi connectivity index (χ1) is 10.8. The Hall–Kier alpha value is -0.0800. The first-order valence-electron chi connectivity index (χ1n) is 9.01. The van der Waals surface area contributed by atoms with Crippen molar-refractivity contribution in [2.75, 3.05) is 59.5 Å². The first-order valence-corrected chi connectivity index (χ1v) is 9.01. The Morgan fingerprint density at radius 2 is 1.96 bits per heavy atom. The van der Waals surface area contributed by atoms with Gasteiger partial charge < -0.3 is 19.9 Å². The second-order valence-corrected chi connectivity index (χ2v) is 6.71. The second kappa shape index (κ2) is 11.5. The van der Waals surface area contributed by atoms with Crippen LogP contribution in [0, 0.1) is 11.8 Å². The molecule has 1 N–H and O–H groups in total. The molecular formula is C17H35IN4O. The SMILES string of the molecule is CCCN1CCC(CN=C(NCC)N2CCC(COC)C2)C1.I. The summed E-state index contributed by atoms with van der Waals surface area (Å²) in [4.78, 5) is 9.92. The van der Waals surface area contributed by atoms with E-state index in [1.165, 1.54) is 38.9 Å². The third-order valence-electron chi connectivity index (χ3n) is 4.73. The highest BCUT2D eigenvalue weighted by molar-refractivity contribution is 14.0. The summed E-state index contributed by atoms with van der Waals surface area (Å²) in [5.74, 6) is 2.49. The van der Waals surface area contributed by atoms with E-state index < -0.39 is 0 Å². The van der Waals surface area contributed by atoms with E-state index in [0.29, 0.717) is 5.92 Å². The number of ether oxygens (including phenoxy) is 1. The molecule has 0 aliphatic carbocycles. The zero-order valence-electron chi connectivity index (χ0n) is 15.1. The van der Waals surface area contributed by atoms with Crippen molar-refractivity contribution in [3.05, 3.63) is 0 Å². The number of guanidine groups is 1. The summed E-state index contributed by atoms with van der Waals surface area (Å²) in [6.07, 6.45) is 3.77. The number of methoxy groups -OCH3 is 1. The van der Waals surface area contributed by atoms with Crippen LogP contribution in [0.3, 0.4) is 0 Å². The Labute approximate surface area is 159 Å². The molecule has 2 unspecified atom stereocenters. The van der Waals surface area contributed by atoms with Crippen molar-refractivity contribution in [1.82, 2.24) is 15.1 Å². The van der Waals surface area contributed by atoms with E-state index in [0.717, 1.165) is 44.7 Å². The van der Waals surface area contributed by atoms with E-state index in [4.69, 9.17) is 9.73 Å². The molecule has 2 aliphatic rings. The molecule has 0 amide bonds. The summed E-state index contributed by atoms with van der Waals surface area (Å²) in [7, 11) is 1.80. The molecule has 23 heavy (non-hydrogen) atoms. The lowest BCUT2D eigenvalue weighted by molar-refractivity contribution is 0.157. The van der Waals surface area contributed by atoms with Crippen LogP contribution in [0.4, 0.5) is 0 Å². The molecule has 5 nitrogen and oxygen atoms in total. The smallest absolute Gasteiger partial charge is 0.193 e. The highest BCUT2D eigenvalue weighted by atomic mass is 127. The molecule has 2 heterocycles. The predicted molar refractivity (Wildman–Crippen MR) is 108 cm³/mol. The lowest BCUT2D eigenvalue weighted by Crippen LogP contribution is -2.40. The Kier molecular flexibility index (Phi) is 10.5. The second-order valence-electron chi connectivity index (χ2n) is 6.71. The predicted octanol–water partition coefficient (Wildman–Crippen LogP) is 2.27. The third-order valence-corrected chi connectivity index (χ3v) is 4.73. The average Bonchev–Trinajstić information content (AvgIpc) is 3.14.